The molecule has 0 aliphatic rings. The van der Waals surface area contributed by atoms with Crippen LogP contribution in [0.1, 0.15) is 29.3 Å². The first kappa shape index (κ1) is 20.1. The van der Waals surface area contributed by atoms with E-state index in [1.807, 2.05) is 0 Å². The fourth-order valence-electron chi connectivity index (χ4n) is 2.36. The van der Waals surface area contributed by atoms with E-state index in [4.69, 9.17) is 0 Å². The van der Waals surface area contributed by atoms with E-state index in [-0.39, 0.29) is 11.7 Å². The summed E-state index contributed by atoms with van der Waals surface area (Å²) in [6, 6.07) is 11.5. The lowest BCUT2D eigenvalue weighted by molar-refractivity contribution is 0.102. The van der Waals surface area contributed by atoms with Gasteiger partial charge in [0.1, 0.15) is 0 Å². The number of rotatable bonds is 7. The molecule has 1 unspecified atom stereocenters. The monoisotopic (exact) mass is 394 g/mol. The van der Waals surface area contributed by atoms with Crippen molar-refractivity contribution >= 4 is 38.1 Å². The summed E-state index contributed by atoms with van der Waals surface area (Å²) in [5, 5.41) is 2.78. The predicted molar refractivity (Wildman–Crippen MR) is 106 cm³/mol. The van der Waals surface area contributed by atoms with Crippen molar-refractivity contribution in [2.45, 2.75) is 25.2 Å². The summed E-state index contributed by atoms with van der Waals surface area (Å²) >= 11 is 0. The van der Waals surface area contributed by atoms with Gasteiger partial charge >= 0.3 is 0 Å². The van der Waals surface area contributed by atoms with E-state index in [1.54, 1.807) is 62.6 Å². The quantitative estimate of drug-likeness (QED) is 0.755. The molecule has 0 spiro atoms. The first-order chi connectivity index (χ1) is 12.2. The Hall–Kier alpha value is -2.19. The van der Waals surface area contributed by atoms with E-state index < -0.39 is 20.8 Å². The van der Waals surface area contributed by atoms with Crippen LogP contribution < -0.4 is 10.0 Å². The summed E-state index contributed by atoms with van der Waals surface area (Å²) in [5.41, 5.74) is 2.02. The minimum atomic E-state index is -3.41. The predicted octanol–water partition coefficient (Wildman–Crippen LogP) is 3.14. The molecule has 8 heteroatoms. The molecule has 2 aromatic carbocycles. The lowest BCUT2D eigenvalue weighted by atomic mass is 10.1. The molecule has 2 rings (SSSR count). The van der Waals surface area contributed by atoms with Gasteiger partial charge < -0.3 is 5.32 Å². The SMILES string of the molecule is CCCS(=O)(=O)Nc1cccc(NC(=O)c2ccc(S(C)=O)cc2)c1C. The average molecular weight is 395 g/mol. The van der Waals surface area contributed by atoms with Crippen LogP contribution in [-0.4, -0.2) is 30.5 Å². The fraction of sp³-hybridized carbons (Fsp3) is 0.278. The maximum Gasteiger partial charge on any atom is 0.255 e. The summed E-state index contributed by atoms with van der Waals surface area (Å²) in [7, 11) is -4.51. The van der Waals surface area contributed by atoms with Crippen LogP contribution in [0.15, 0.2) is 47.4 Å². The molecule has 0 aliphatic heterocycles. The summed E-state index contributed by atoms with van der Waals surface area (Å²) in [6.45, 7) is 3.53. The van der Waals surface area contributed by atoms with Gasteiger partial charge in [-0.1, -0.05) is 13.0 Å². The Bertz CT molecular complexity index is 923. The molecular formula is C18H22N2O4S2. The lowest BCUT2D eigenvalue weighted by Crippen LogP contribution is -2.18. The van der Waals surface area contributed by atoms with Crippen LogP contribution in [0.3, 0.4) is 0 Å². The first-order valence-electron chi connectivity index (χ1n) is 8.08. The Kier molecular flexibility index (Phi) is 6.55. The number of nitrogens with one attached hydrogen (secondary N) is 2. The lowest BCUT2D eigenvalue weighted by Gasteiger charge is -2.14. The number of hydrogen-bond acceptors (Lipinski definition) is 4. The Balaban J connectivity index is 2.20. The molecule has 2 N–H and O–H groups in total. The second kappa shape index (κ2) is 8.46. The average Bonchev–Trinajstić information content (AvgIpc) is 2.58. The number of carbonyl (C=O) groups excluding carboxylic acids is 1. The van der Waals surface area contributed by atoms with Crippen molar-refractivity contribution in [2.75, 3.05) is 22.0 Å². The third-order valence-electron chi connectivity index (χ3n) is 3.77. The van der Waals surface area contributed by atoms with Crippen molar-refractivity contribution in [3.05, 3.63) is 53.6 Å². The molecule has 0 fully saturated rings. The molecule has 6 nitrogen and oxygen atoms in total. The Morgan fingerprint density at radius 3 is 2.27 bits per heavy atom. The van der Waals surface area contributed by atoms with Crippen molar-refractivity contribution in [1.29, 1.82) is 0 Å². The maximum absolute atomic E-state index is 12.4. The molecule has 0 aliphatic carbocycles. The van der Waals surface area contributed by atoms with E-state index >= 15 is 0 Å². The van der Waals surface area contributed by atoms with Gasteiger partial charge in [-0.15, -0.1) is 0 Å². The van der Waals surface area contributed by atoms with E-state index in [2.05, 4.69) is 10.0 Å². The third-order valence-corrected chi connectivity index (χ3v) is 6.18. The van der Waals surface area contributed by atoms with Gasteiger partial charge in [0.15, 0.2) is 0 Å². The summed E-state index contributed by atoms with van der Waals surface area (Å²) in [4.78, 5) is 13.1. The molecule has 1 amide bonds. The highest BCUT2D eigenvalue weighted by Gasteiger charge is 2.14. The smallest absolute Gasteiger partial charge is 0.255 e. The van der Waals surface area contributed by atoms with Gasteiger partial charge in [-0.2, -0.15) is 0 Å². The van der Waals surface area contributed by atoms with Gasteiger partial charge in [0.25, 0.3) is 5.91 Å². The number of anilines is 2. The Morgan fingerprint density at radius 2 is 1.69 bits per heavy atom. The Labute approximate surface area is 156 Å². The van der Waals surface area contributed by atoms with Crippen LogP contribution in [0, 0.1) is 6.92 Å². The summed E-state index contributed by atoms with van der Waals surface area (Å²) in [5.74, 6) is -0.288. The largest absolute Gasteiger partial charge is 0.322 e. The van der Waals surface area contributed by atoms with Gasteiger partial charge in [-0.25, -0.2) is 8.42 Å². The summed E-state index contributed by atoms with van der Waals surface area (Å²) in [6.07, 6.45) is 2.09. The van der Waals surface area contributed by atoms with Crippen LogP contribution in [0.4, 0.5) is 11.4 Å². The highest BCUT2D eigenvalue weighted by Crippen LogP contribution is 2.25. The van der Waals surface area contributed by atoms with Crippen molar-refractivity contribution in [2.24, 2.45) is 0 Å². The molecule has 0 bridgehead atoms. The fourth-order valence-corrected chi connectivity index (χ4v) is 4.08. The van der Waals surface area contributed by atoms with Gasteiger partial charge in [0, 0.05) is 33.2 Å². The van der Waals surface area contributed by atoms with Crippen molar-refractivity contribution in [3.63, 3.8) is 0 Å². The molecule has 140 valence electrons. The molecule has 0 aromatic heterocycles. The minimum absolute atomic E-state index is 0.0359. The molecule has 0 saturated carbocycles. The van der Waals surface area contributed by atoms with Crippen LogP contribution in [0.5, 0.6) is 0 Å². The zero-order chi connectivity index (χ0) is 19.3. The van der Waals surface area contributed by atoms with E-state index in [9.17, 15) is 17.4 Å². The van der Waals surface area contributed by atoms with Gasteiger partial charge in [-0.05, 0) is 55.3 Å². The van der Waals surface area contributed by atoms with E-state index in [0.717, 1.165) is 0 Å². The van der Waals surface area contributed by atoms with Gasteiger partial charge in [-0.3, -0.25) is 13.7 Å². The second-order valence-electron chi connectivity index (χ2n) is 5.83. The highest BCUT2D eigenvalue weighted by atomic mass is 32.2. The number of hydrogen-bond donors (Lipinski definition) is 2. The molecule has 0 heterocycles. The standard InChI is InChI=1S/C18H22N2O4S2/c1-4-12-26(23,24)20-17-7-5-6-16(13(17)2)19-18(21)14-8-10-15(11-9-14)25(3)22/h5-11,20H,4,12H2,1-3H3,(H,19,21). The maximum atomic E-state index is 12.4. The van der Waals surface area contributed by atoms with E-state index in [1.165, 1.54) is 0 Å². The van der Waals surface area contributed by atoms with Crippen LogP contribution in [0.25, 0.3) is 0 Å². The molecule has 1 atom stereocenters. The van der Waals surface area contributed by atoms with E-state index in [0.29, 0.717) is 33.8 Å². The number of amides is 1. The highest BCUT2D eigenvalue weighted by molar-refractivity contribution is 7.92. The Morgan fingerprint density at radius 1 is 1.08 bits per heavy atom. The normalized spacial score (nSPS) is 12.4. The van der Waals surface area contributed by atoms with Crippen LogP contribution in [-0.2, 0) is 20.8 Å². The number of sulfonamides is 1. The number of carbonyl (C=O) groups is 1. The molecule has 26 heavy (non-hydrogen) atoms. The van der Waals surface area contributed by atoms with Crippen molar-refractivity contribution in [3.8, 4) is 0 Å². The topological polar surface area (TPSA) is 92.3 Å². The van der Waals surface area contributed by atoms with Gasteiger partial charge in [0.2, 0.25) is 10.0 Å². The first-order valence-corrected chi connectivity index (χ1v) is 11.3. The summed E-state index contributed by atoms with van der Waals surface area (Å²) < 4.78 is 37.9. The third kappa shape index (κ3) is 5.15. The van der Waals surface area contributed by atoms with Gasteiger partial charge in [0.05, 0.1) is 11.4 Å². The minimum Gasteiger partial charge on any atom is -0.322 e. The zero-order valence-electron chi connectivity index (χ0n) is 14.9. The molecular weight excluding hydrogens is 372 g/mol. The zero-order valence-corrected chi connectivity index (χ0v) is 16.5. The molecule has 0 radical (unpaired) electrons. The van der Waals surface area contributed by atoms with Crippen molar-refractivity contribution in [1.82, 2.24) is 0 Å². The molecule has 2 aromatic rings. The van der Waals surface area contributed by atoms with Crippen LogP contribution in [0.2, 0.25) is 0 Å². The number of benzene rings is 2. The molecule has 0 saturated heterocycles. The van der Waals surface area contributed by atoms with Crippen LogP contribution >= 0.6 is 0 Å². The van der Waals surface area contributed by atoms with Crippen molar-refractivity contribution < 1.29 is 17.4 Å². The second-order valence-corrected chi connectivity index (χ2v) is 9.05.